The molecule has 3 heterocycles. The molecule has 23 heavy (non-hydrogen) atoms. The summed E-state index contributed by atoms with van der Waals surface area (Å²) in [6, 6.07) is 5.61. The van der Waals surface area contributed by atoms with Crippen LogP contribution >= 0.6 is 0 Å². The van der Waals surface area contributed by atoms with E-state index in [1.54, 1.807) is 4.31 Å². The van der Waals surface area contributed by atoms with E-state index in [1.165, 1.54) is 12.4 Å². The smallest absolute Gasteiger partial charge is 0.246 e. The van der Waals surface area contributed by atoms with E-state index in [2.05, 4.69) is 15.2 Å². The first-order chi connectivity index (χ1) is 11.0. The highest BCUT2D eigenvalue weighted by molar-refractivity contribution is 7.89. The van der Waals surface area contributed by atoms with Crippen LogP contribution in [-0.2, 0) is 16.6 Å². The van der Waals surface area contributed by atoms with Gasteiger partial charge in [0.1, 0.15) is 4.90 Å². The lowest BCUT2D eigenvalue weighted by atomic mass is 10.1. The first kappa shape index (κ1) is 16.1. The second kappa shape index (κ2) is 6.38. The van der Waals surface area contributed by atoms with Crippen LogP contribution in [0.15, 0.2) is 35.5 Å². The van der Waals surface area contributed by atoms with Gasteiger partial charge in [0.05, 0.1) is 23.6 Å². The fraction of sp³-hybridized carbons (Fsp3) is 0.467. The summed E-state index contributed by atoms with van der Waals surface area (Å²) in [7, 11) is 0.432. The molecular formula is C15H21N5O2S. The van der Waals surface area contributed by atoms with E-state index in [-0.39, 0.29) is 10.9 Å². The second-order valence-corrected chi connectivity index (χ2v) is 7.89. The highest BCUT2D eigenvalue weighted by Gasteiger charge is 2.37. The molecule has 0 aliphatic carbocycles. The number of rotatable bonds is 5. The van der Waals surface area contributed by atoms with Crippen LogP contribution in [0.25, 0.3) is 0 Å². The Kier molecular flexibility index (Phi) is 4.47. The molecule has 7 nitrogen and oxygen atoms in total. The van der Waals surface area contributed by atoms with Crippen molar-refractivity contribution in [2.75, 3.05) is 20.6 Å². The second-order valence-electron chi connectivity index (χ2n) is 6.00. The molecular weight excluding hydrogens is 314 g/mol. The molecule has 8 heteroatoms. The van der Waals surface area contributed by atoms with Gasteiger partial charge >= 0.3 is 0 Å². The Morgan fingerprint density at radius 2 is 2.22 bits per heavy atom. The van der Waals surface area contributed by atoms with Crippen molar-refractivity contribution in [3.8, 4) is 0 Å². The molecule has 2 aromatic rings. The number of sulfonamides is 1. The molecule has 0 spiro atoms. The van der Waals surface area contributed by atoms with Gasteiger partial charge in [-0.05, 0) is 39.1 Å². The van der Waals surface area contributed by atoms with Gasteiger partial charge in [-0.25, -0.2) is 8.42 Å². The van der Waals surface area contributed by atoms with E-state index in [0.29, 0.717) is 6.54 Å². The molecule has 0 amide bonds. The summed E-state index contributed by atoms with van der Waals surface area (Å²) >= 11 is 0. The normalized spacial score (nSPS) is 19.5. The Balaban J connectivity index is 1.90. The van der Waals surface area contributed by atoms with Gasteiger partial charge in [0, 0.05) is 19.3 Å². The molecule has 1 N–H and O–H groups in total. The monoisotopic (exact) mass is 335 g/mol. The number of nitrogens with one attached hydrogen (secondary N) is 1. The average Bonchev–Trinajstić information content (AvgIpc) is 3.19. The molecule has 1 aliphatic rings. The third-order valence-corrected chi connectivity index (χ3v) is 5.80. The van der Waals surface area contributed by atoms with E-state index in [0.717, 1.165) is 30.8 Å². The third-order valence-electron chi connectivity index (χ3n) is 3.93. The lowest BCUT2D eigenvalue weighted by Crippen LogP contribution is -2.31. The van der Waals surface area contributed by atoms with Gasteiger partial charge in [0.25, 0.3) is 0 Å². The molecule has 0 radical (unpaired) electrons. The van der Waals surface area contributed by atoms with Crippen LogP contribution in [0.5, 0.6) is 0 Å². The van der Waals surface area contributed by atoms with Crippen LogP contribution in [0.3, 0.4) is 0 Å². The zero-order valence-electron chi connectivity index (χ0n) is 13.3. The maximum absolute atomic E-state index is 12.8. The fourth-order valence-corrected chi connectivity index (χ4v) is 4.51. The van der Waals surface area contributed by atoms with E-state index in [4.69, 9.17) is 0 Å². The van der Waals surface area contributed by atoms with Crippen LogP contribution in [0.4, 0.5) is 0 Å². The van der Waals surface area contributed by atoms with Gasteiger partial charge in [0.2, 0.25) is 10.0 Å². The molecule has 3 rings (SSSR count). The number of aromatic nitrogens is 3. The summed E-state index contributed by atoms with van der Waals surface area (Å²) in [5.41, 5.74) is 1.76. The van der Waals surface area contributed by atoms with Crippen molar-refractivity contribution in [1.29, 1.82) is 0 Å². The van der Waals surface area contributed by atoms with E-state index >= 15 is 0 Å². The van der Waals surface area contributed by atoms with Crippen molar-refractivity contribution < 1.29 is 8.42 Å². The summed E-state index contributed by atoms with van der Waals surface area (Å²) in [4.78, 5) is 6.91. The van der Waals surface area contributed by atoms with Gasteiger partial charge in [-0.1, -0.05) is 6.07 Å². The van der Waals surface area contributed by atoms with Crippen molar-refractivity contribution in [1.82, 2.24) is 24.4 Å². The van der Waals surface area contributed by atoms with E-state index in [1.807, 2.05) is 37.2 Å². The molecule has 0 aromatic carbocycles. The SMILES string of the molecule is CN(C)Cc1cccc(C2CCCN2S(=O)(=O)c2cn[nH]c2)n1. The summed E-state index contributed by atoms with van der Waals surface area (Å²) in [6.07, 6.45) is 4.39. The lowest BCUT2D eigenvalue weighted by Gasteiger charge is -2.23. The topological polar surface area (TPSA) is 82.2 Å². The maximum Gasteiger partial charge on any atom is 0.246 e. The first-order valence-electron chi connectivity index (χ1n) is 7.59. The van der Waals surface area contributed by atoms with Crippen LogP contribution in [0.2, 0.25) is 0 Å². The number of H-pyrrole nitrogens is 1. The Bertz CT molecular complexity index is 758. The van der Waals surface area contributed by atoms with Crippen molar-refractivity contribution in [3.63, 3.8) is 0 Å². The van der Waals surface area contributed by atoms with Gasteiger partial charge in [-0.3, -0.25) is 10.1 Å². The number of pyridine rings is 1. The third kappa shape index (κ3) is 3.29. The molecule has 124 valence electrons. The van der Waals surface area contributed by atoms with Crippen LogP contribution < -0.4 is 0 Å². The Morgan fingerprint density at radius 1 is 1.39 bits per heavy atom. The molecule has 0 saturated carbocycles. The molecule has 1 fully saturated rings. The molecule has 1 saturated heterocycles. The highest BCUT2D eigenvalue weighted by atomic mass is 32.2. The zero-order chi connectivity index (χ0) is 16.4. The molecule has 1 unspecified atom stereocenters. The quantitative estimate of drug-likeness (QED) is 0.893. The lowest BCUT2D eigenvalue weighted by molar-refractivity contribution is 0.380. The minimum absolute atomic E-state index is 0.203. The van der Waals surface area contributed by atoms with Crippen molar-refractivity contribution >= 4 is 10.0 Å². The number of hydrogen-bond donors (Lipinski definition) is 1. The zero-order valence-corrected chi connectivity index (χ0v) is 14.1. The van der Waals surface area contributed by atoms with Crippen LogP contribution in [0.1, 0.15) is 30.3 Å². The predicted molar refractivity (Wildman–Crippen MR) is 86.1 cm³/mol. The molecule has 0 bridgehead atoms. The van der Waals surface area contributed by atoms with E-state index in [9.17, 15) is 8.42 Å². The standard InChI is InChI=1S/C15H21N5O2S/c1-19(2)11-12-5-3-6-14(18-12)15-7-4-8-20(15)23(21,22)13-9-16-17-10-13/h3,5-6,9-10,15H,4,7-8,11H2,1-2H3,(H,16,17). The van der Waals surface area contributed by atoms with Gasteiger partial charge in [-0.2, -0.15) is 9.40 Å². The largest absolute Gasteiger partial charge is 0.304 e. The maximum atomic E-state index is 12.8. The van der Waals surface area contributed by atoms with Crippen LogP contribution in [0, 0.1) is 0 Å². The minimum Gasteiger partial charge on any atom is -0.304 e. The van der Waals surface area contributed by atoms with Gasteiger partial charge in [0.15, 0.2) is 0 Å². The Morgan fingerprint density at radius 3 is 2.91 bits per heavy atom. The molecule has 1 aliphatic heterocycles. The summed E-state index contributed by atoms with van der Waals surface area (Å²) in [6.45, 7) is 1.24. The Hall–Kier alpha value is -1.77. The minimum atomic E-state index is -3.54. The summed E-state index contributed by atoms with van der Waals surface area (Å²) in [5.74, 6) is 0. The van der Waals surface area contributed by atoms with Crippen molar-refractivity contribution in [2.45, 2.75) is 30.3 Å². The van der Waals surface area contributed by atoms with Gasteiger partial charge in [-0.15, -0.1) is 0 Å². The summed E-state index contributed by atoms with van der Waals surface area (Å²) < 4.78 is 27.1. The first-order valence-corrected chi connectivity index (χ1v) is 9.03. The summed E-state index contributed by atoms with van der Waals surface area (Å²) in [5, 5.41) is 6.32. The molecule has 1 atom stereocenters. The van der Waals surface area contributed by atoms with E-state index < -0.39 is 10.0 Å². The van der Waals surface area contributed by atoms with Crippen LogP contribution in [-0.4, -0.2) is 53.4 Å². The predicted octanol–water partition coefficient (Wildman–Crippen LogP) is 1.39. The molecule has 2 aromatic heterocycles. The van der Waals surface area contributed by atoms with Gasteiger partial charge < -0.3 is 4.90 Å². The highest BCUT2D eigenvalue weighted by Crippen LogP contribution is 2.35. The fourth-order valence-electron chi connectivity index (χ4n) is 2.93. The van der Waals surface area contributed by atoms with Crippen molar-refractivity contribution in [2.24, 2.45) is 0 Å². The van der Waals surface area contributed by atoms with Crippen molar-refractivity contribution in [3.05, 3.63) is 42.0 Å². The number of aromatic amines is 1. The number of nitrogens with zero attached hydrogens (tertiary/aromatic N) is 4. The Labute approximate surface area is 136 Å². The number of hydrogen-bond acceptors (Lipinski definition) is 5. The average molecular weight is 335 g/mol.